The maximum absolute atomic E-state index is 9.81. The molecular weight excluding hydrogens is 248 g/mol. The van der Waals surface area contributed by atoms with Crippen molar-refractivity contribution in [2.75, 3.05) is 13.7 Å². The van der Waals surface area contributed by atoms with Gasteiger partial charge >= 0.3 is 0 Å². The van der Waals surface area contributed by atoms with E-state index in [1.54, 1.807) is 7.11 Å². The maximum atomic E-state index is 9.81. The number of aliphatic hydroxyl groups is 1. The van der Waals surface area contributed by atoms with Gasteiger partial charge in [0.05, 0.1) is 23.2 Å². The second-order valence-electron chi connectivity index (χ2n) is 3.92. The standard InChI is InChI=1S/C13H16N2O2S/c1-8-12(10(16)7-14)18-13(15-8)9-5-3-4-6-11(9)17-2/h3-6,10,16H,7,14H2,1-2H3. The second-order valence-corrected chi connectivity index (χ2v) is 4.95. The van der Waals surface area contributed by atoms with Crippen LogP contribution in [0.15, 0.2) is 24.3 Å². The quantitative estimate of drug-likeness (QED) is 0.887. The third-order valence-electron chi connectivity index (χ3n) is 2.70. The molecule has 0 aliphatic heterocycles. The number of rotatable bonds is 4. The van der Waals surface area contributed by atoms with Crippen LogP contribution in [0.25, 0.3) is 10.6 Å². The molecular formula is C13H16N2O2S. The van der Waals surface area contributed by atoms with E-state index in [4.69, 9.17) is 10.5 Å². The van der Waals surface area contributed by atoms with Crippen molar-refractivity contribution < 1.29 is 9.84 Å². The summed E-state index contributed by atoms with van der Waals surface area (Å²) in [6, 6.07) is 7.70. The number of nitrogens with zero attached hydrogens (tertiary/aromatic N) is 1. The number of hydrogen-bond acceptors (Lipinski definition) is 5. The van der Waals surface area contributed by atoms with Gasteiger partial charge in [0.25, 0.3) is 0 Å². The lowest BCUT2D eigenvalue weighted by Gasteiger charge is -2.05. The van der Waals surface area contributed by atoms with Crippen LogP contribution >= 0.6 is 11.3 Å². The fourth-order valence-electron chi connectivity index (χ4n) is 1.76. The SMILES string of the molecule is COc1ccccc1-c1nc(C)c(C(O)CN)s1. The summed E-state index contributed by atoms with van der Waals surface area (Å²) in [6.07, 6.45) is -0.647. The molecule has 0 spiro atoms. The summed E-state index contributed by atoms with van der Waals surface area (Å²) in [7, 11) is 1.63. The van der Waals surface area contributed by atoms with Crippen molar-refractivity contribution in [3.05, 3.63) is 34.8 Å². The minimum Gasteiger partial charge on any atom is -0.496 e. The largest absolute Gasteiger partial charge is 0.496 e. The zero-order valence-corrected chi connectivity index (χ0v) is 11.2. The third kappa shape index (κ3) is 2.38. The Morgan fingerprint density at radius 2 is 2.17 bits per heavy atom. The summed E-state index contributed by atoms with van der Waals surface area (Å²) in [5, 5.41) is 10.7. The topological polar surface area (TPSA) is 68.4 Å². The predicted molar refractivity (Wildman–Crippen MR) is 72.9 cm³/mol. The average Bonchev–Trinajstić information content (AvgIpc) is 2.79. The van der Waals surface area contributed by atoms with Crippen LogP contribution in [0.3, 0.4) is 0 Å². The first-order valence-electron chi connectivity index (χ1n) is 5.66. The van der Waals surface area contributed by atoms with Crippen molar-refractivity contribution >= 4 is 11.3 Å². The molecule has 1 atom stereocenters. The minimum absolute atomic E-state index is 0.203. The number of nitrogens with two attached hydrogens (primary N) is 1. The van der Waals surface area contributed by atoms with E-state index in [9.17, 15) is 5.11 Å². The Bertz CT molecular complexity index is 540. The fourth-order valence-corrected chi connectivity index (χ4v) is 2.86. The molecule has 1 aromatic heterocycles. The fraction of sp³-hybridized carbons (Fsp3) is 0.308. The Morgan fingerprint density at radius 1 is 1.44 bits per heavy atom. The van der Waals surface area contributed by atoms with Crippen molar-refractivity contribution in [2.24, 2.45) is 5.73 Å². The van der Waals surface area contributed by atoms with E-state index in [1.165, 1.54) is 11.3 Å². The highest BCUT2D eigenvalue weighted by atomic mass is 32.1. The molecule has 1 unspecified atom stereocenters. The highest BCUT2D eigenvalue weighted by molar-refractivity contribution is 7.15. The van der Waals surface area contributed by atoms with E-state index >= 15 is 0 Å². The smallest absolute Gasteiger partial charge is 0.129 e. The highest BCUT2D eigenvalue weighted by Crippen LogP contribution is 2.36. The third-order valence-corrected chi connectivity index (χ3v) is 3.99. The van der Waals surface area contributed by atoms with Gasteiger partial charge < -0.3 is 15.6 Å². The zero-order valence-electron chi connectivity index (χ0n) is 10.4. The van der Waals surface area contributed by atoms with Gasteiger partial charge in [0.15, 0.2) is 0 Å². The van der Waals surface area contributed by atoms with E-state index < -0.39 is 6.10 Å². The van der Waals surface area contributed by atoms with Gasteiger partial charge in [-0.3, -0.25) is 0 Å². The number of para-hydroxylation sites is 1. The first kappa shape index (κ1) is 13.0. The summed E-state index contributed by atoms with van der Waals surface area (Å²) in [5.41, 5.74) is 7.23. The Hall–Kier alpha value is -1.43. The van der Waals surface area contributed by atoms with Crippen molar-refractivity contribution in [3.8, 4) is 16.3 Å². The molecule has 5 heteroatoms. The number of thiazole rings is 1. The molecule has 2 rings (SSSR count). The summed E-state index contributed by atoms with van der Waals surface area (Å²) in [6.45, 7) is 2.08. The first-order chi connectivity index (χ1) is 8.67. The summed E-state index contributed by atoms with van der Waals surface area (Å²) in [5.74, 6) is 0.778. The van der Waals surface area contributed by atoms with Crippen LogP contribution in [0.2, 0.25) is 0 Å². The lowest BCUT2D eigenvalue weighted by molar-refractivity contribution is 0.189. The van der Waals surface area contributed by atoms with Gasteiger partial charge in [0.2, 0.25) is 0 Å². The van der Waals surface area contributed by atoms with Crippen molar-refractivity contribution in [1.82, 2.24) is 4.98 Å². The monoisotopic (exact) mass is 264 g/mol. The molecule has 2 aromatic rings. The number of aryl methyl sites for hydroxylation is 1. The van der Waals surface area contributed by atoms with Crippen molar-refractivity contribution in [1.29, 1.82) is 0 Å². The minimum atomic E-state index is -0.647. The molecule has 1 aromatic carbocycles. The van der Waals surface area contributed by atoms with Crippen LogP contribution in [-0.2, 0) is 0 Å². The second kappa shape index (κ2) is 5.48. The van der Waals surface area contributed by atoms with E-state index in [2.05, 4.69) is 4.98 Å². The van der Waals surface area contributed by atoms with Gasteiger partial charge in [-0.2, -0.15) is 0 Å². The molecule has 0 amide bonds. The van der Waals surface area contributed by atoms with Crippen LogP contribution in [0.1, 0.15) is 16.7 Å². The van der Waals surface area contributed by atoms with Crippen LogP contribution in [0.4, 0.5) is 0 Å². The molecule has 0 aliphatic carbocycles. The molecule has 96 valence electrons. The van der Waals surface area contributed by atoms with Crippen LogP contribution in [0.5, 0.6) is 5.75 Å². The lowest BCUT2D eigenvalue weighted by atomic mass is 10.2. The van der Waals surface area contributed by atoms with E-state index in [0.29, 0.717) is 0 Å². The van der Waals surface area contributed by atoms with Gasteiger partial charge in [-0.25, -0.2) is 4.98 Å². The molecule has 3 N–H and O–H groups in total. The average molecular weight is 264 g/mol. The van der Waals surface area contributed by atoms with Crippen LogP contribution < -0.4 is 10.5 Å². The Morgan fingerprint density at radius 3 is 2.83 bits per heavy atom. The number of methoxy groups -OCH3 is 1. The molecule has 0 saturated heterocycles. The van der Waals surface area contributed by atoms with E-state index in [0.717, 1.165) is 26.9 Å². The van der Waals surface area contributed by atoms with Crippen molar-refractivity contribution in [3.63, 3.8) is 0 Å². The maximum Gasteiger partial charge on any atom is 0.129 e. The lowest BCUT2D eigenvalue weighted by Crippen LogP contribution is -2.10. The number of hydrogen-bond donors (Lipinski definition) is 2. The van der Waals surface area contributed by atoms with Gasteiger partial charge in [-0.15, -0.1) is 11.3 Å². The highest BCUT2D eigenvalue weighted by Gasteiger charge is 2.17. The Kier molecular flexibility index (Phi) is 3.96. The van der Waals surface area contributed by atoms with E-state index in [-0.39, 0.29) is 6.54 Å². The number of ether oxygens (including phenoxy) is 1. The van der Waals surface area contributed by atoms with Crippen LogP contribution in [-0.4, -0.2) is 23.7 Å². The first-order valence-corrected chi connectivity index (χ1v) is 6.48. The summed E-state index contributed by atoms with van der Waals surface area (Å²) < 4.78 is 5.32. The Balaban J connectivity index is 2.46. The molecule has 0 bridgehead atoms. The van der Waals surface area contributed by atoms with E-state index in [1.807, 2.05) is 31.2 Å². The molecule has 1 heterocycles. The number of aromatic nitrogens is 1. The Labute approximate surface area is 110 Å². The molecule has 4 nitrogen and oxygen atoms in total. The van der Waals surface area contributed by atoms with Crippen LogP contribution in [0, 0.1) is 6.92 Å². The summed E-state index contributed by atoms with van der Waals surface area (Å²) >= 11 is 1.45. The molecule has 0 aliphatic rings. The molecule has 0 fully saturated rings. The van der Waals surface area contributed by atoms with Gasteiger partial charge in [-0.1, -0.05) is 12.1 Å². The predicted octanol–water partition coefficient (Wildman–Crippen LogP) is 2.12. The van der Waals surface area contributed by atoms with Gasteiger partial charge in [-0.05, 0) is 19.1 Å². The van der Waals surface area contributed by atoms with Crippen molar-refractivity contribution in [2.45, 2.75) is 13.0 Å². The summed E-state index contributed by atoms with van der Waals surface area (Å²) in [4.78, 5) is 5.30. The number of benzene rings is 1. The number of aliphatic hydroxyl groups excluding tert-OH is 1. The molecule has 18 heavy (non-hydrogen) atoms. The molecule has 0 radical (unpaired) electrons. The zero-order chi connectivity index (χ0) is 13.1. The normalized spacial score (nSPS) is 12.4. The molecule has 0 saturated carbocycles. The van der Waals surface area contributed by atoms with Gasteiger partial charge in [0.1, 0.15) is 16.9 Å². The van der Waals surface area contributed by atoms with Gasteiger partial charge in [0, 0.05) is 6.54 Å².